The fraction of sp³-hybridized carbons (Fsp3) is 0.444. The average molecular weight is 445 g/mol. The molecule has 3 amide bonds. The molecule has 1 aliphatic heterocycles. The predicted octanol–water partition coefficient (Wildman–Crippen LogP) is 2.72. The largest absolute Gasteiger partial charge is 0.308 e. The molecular formula is C18H22Cl2N4O3S. The highest BCUT2D eigenvalue weighted by atomic mass is 35.5. The summed E-state index contributed by atoms with van der Waals surface area (Å²) < 4.78 is 0.894. The Balaban J connectivity index is 0.00000280. The Kier molecular flexibility index (Phi) is 7.39. The molecule has 1 aromatic carbocycles. The Hall–Kier alpha value is -1.74. The van der Waals surface area contributed by atoms with Crippen LogP contribution in [0.3, 0.4) is 0 Å². The summed E-state index contributed by atoms with van der Waals surface area (Å²) in [5.74, 6) is -0.913. The van der Waals surface area contributed by atoms with E-state index in [1.165, 1.54) is 11.3 Å². The molecule has 0 spiro atoms. The summed E-state index contributed by atoms with van der Waals surface area (Å²) in [6.45, 7) is 2.71. The molecule has 1 aromatic heterocycles. The molecule has 0 radical (unpaired) electrons. The third-order valence-electron chi connectivity index (χ3n) is 4.39. The molecule has 0 saturated carbocycles. The van der Waals surface area contributed by atoms with Gasteiger partial charge in [0.15, 0.2) is 5.13 Å². The Morgan fingerprint density at radius 1 is 1.21 bits per heavy atom. The monoisotopic (exact) mass is 444 g/mol. The smallest absolute Gasteiger partial charge is 0.248 e. The van der Waals surface area contributed by atoms with Crippen LogP contribution >= 0.6 is 35.3 Å². The van der Waals surface area contributed by atoms with Crippen molar-refractivity contribution in [3.63, 3.8) is 0 Å². The van der Waals surface area contributed by atoms with Gasteiger partial charge in [0.25, 0.3) is 0 Å². The third-order valence-corrected chi connectivity index (χ3v) is 5.63. The van der Waals surface area contributed by atoms with Crippen LogP contribution in [0.5, 0.6) is 0 Å². The number of aromatic nitrogens is 1. The van der Waals surface area contributed by atoms with Crippen LogP contribution in [0.15, 0.2) is 12.1 Å². The molecule has 0 N–H and O–H groups in total. The lowest BCUT2D eigenvalue weighted by atomic mass is 10.2. The predicted molar refractivity (Wildman–Crippen MR) is 113 cm³/mol. The summed E-state index contributed by atoms with van der Waals surface area (Å²) in [5, 5.41) is 1.16. The van der Waals surface area contributed by atoms with E-state index in [4.69, 9.17) is 11.6 Å². The van der Waals surface area contributed by atoms with Gasteiger partial charge in [0.2, 0.25) is 17.7 Å². The lowest BCUT2D eigenvalue weighted by Gasteiger charge is -2.24. The SMILES string of the molecule is Cc1cc(Cl)cc2sc(N(CCN(C)C)C(=O)CN3C(=O)CCC3=O)nc12.Cl. The van der Waals surface area contributed by atoms with Crippen LogP contribution in [0.2, 0.25) is 5.02 Å². The zero-order valence-corrected chi connectivity index (χ0v) is 18.3. The van der Waals surface area contributed by atoms with Gasteiger partial charge in [-0.2, -0.15) is 0 Å². The number of thiazole rings is 1. The molecule has 0 atom stereocenters. The topological polar surface area (TPSA) is 73.8 Å². The second kappa shape index (κ2) is 9.17. The highest BCUT2D eigenvalue weighted by molar-refractivity contribution is 7.22. The molecular weight excluding hydrogens is 423 g/mol. The van der Waals surface area contributed by atoms with Gasteiger partial charge in [0.1, 0.15) is 6.54 Å². The highest BCUT2D eigenvalue weighted by Crippen LogP contribution is 2.33. The van der Waals surface area contributed by atoms with E-state index in [1.54, 1.807) is 4.90 Å². The number of fused-ring (bicyclic) bond motifs is 1. The van der Waals surface area contributed by atoms with E-state index in [0.717, 1.165) is 20.7 Å². The number of carbonyl (C=O) groups excluding carboxylic acids is 3. The van der Waals surface area contributed by atoms with Crippen LogP contribution in [0.4, 0.5) is 5.13 Å². The first-order valence-electron chi connectivity index (χ1n) is 8.61. The standard InChI is InChI=1S/C18H21ClN4O3S.ClH/c1-11-8-12(19)9-13-17(11)20-18(27-13)22(7-6-21(2)3)16(26)10-23-14(24)4-5-15(23)25;/h8-9H,4-7,10H2,1-3H3;1H. The molecule has 2 aromatic rings. The summed E-state index contributed by atoms with van der Waals surface area (Å²) in [5.41, 5.74) is 1.74. The molecule has 1 aliphatic rings. The van der Waals surface area contributed by atoms with Crippen molar-refractivity contribution in [3.05, 3.63) is 22.7 Å². The number of likely N-dealkylation sites (tertiary alicyclic amines) is 1. The van der Waals surface area contributed by atoms with Crippen LogP contribution in [-0.2, 0) is 14.4 Å². The third kappa shape index (κ3) is 4.81. The van der Waals surface area contributed by atoms with Crippen molar-refractivity contribution >= 4 is 68.4 Å². The molecule has 0 bridgehead atoms. The van der Waals surface area contributed by atoms with E-state index in [1.807, 2.05) is 38.1 Å². The molecule has 7 nitrogen and oxygen atoms in total. The van der Waals surface area contributed by atoms with Gasteiger partial charge in [-0.3, -0.25) is 24.2 Å². The number of aryl methyl sites for hydroxylation is 1. The fourth-order valence-electron chi connectivity index (χ4n) is 2.90. The van der Waals surface area contributed by atoms with Crippen molar-refractivity contribution in [2.45, 2.75) is 19.8 Å². The van der Waals surface area contributed by atoms with E-state index >= 15 is 0 Å². The maximum atomic E-state index is 12.9. The van der Waals surface area contributed by atoms with Crippen molar-refractivity contribution in [1.29, 1.82) is 0 Å². The second-order valence-corrected chi connectivity index (χ2v) is 8.23. The Labute approximate surface area is 178 Å². The molecule has 10 heteroatoms. The summed E-state index contributed by atoms with van der Waals surface area (Å²) in [4.78, 5) is 45.8. The van der Waals surface area contributed by atoms with Gasteiger partial charge in [-0.05, 0) is 38.7 Å². The first-order valence-corrected chi connectivity index (χ1v) is 9.80. The highest BCUT2D eigenvalue weighted by Gasteiger charge is 2.32. The zero-order valence-electron chi connectivity index (χ0n) is 15.9. The van der Waals surface area contributed by atoms with E-state index in [9.17, 15) is 14.4 Å². The minimum atomic E-state index is -0.316. The summed E-state index contributed by atoms with van der Waals surface area (Å²) in [7, 11) is 3.83. The number of anilines is 1. The number of rotatable bonds is 6. The molecule has 1 fully saturated rings. The number of hydrogen-bond donors (Lipinski definition) is 0. The molecule has 3 rings (SSSR count). The normalized spacial score (nSPS) is 14.1. The maximum absolute atomic E-state index is 12.9. The van der Waals surface area contributed by atoms with Gasteiger partial charge in [0.05, 0.1) is 10.2 Å². The Bertz CT molecular complexity index is 900. The lowest BCUT2D eigenvalue weighted by molar-refractivity contribution is -0.141. The van der Waals surface area contributed by atoms with E-state index < -0.39 is 0 Å². The van der Waals surface area contributed by atoms with Crippen LogP contribution in [0.25, 0.3) is 10.2 Å². The zero-order chi connectivity index (χ0) is 19.7. The van der Waals surface area contributed by atoms with Crippen LogP contribution in [-0.4, -0.2) is 66.2 Å². The van der Waals surface area contributed by atoms with E-state index in [0.29, 0.717) is 23.2 Å². The van der Waals surface area contributed by atoms with Gasteiger partial charge in [0, 0.05) is 31.0 Å². The molecule has 0 aliphatic carbocycles. The van der Waals surface area contributed by atoms with Gasteiger partial charge in [-0.1, -0.05) is 22.9 Å². The molecule has 28 heavy (non-hydrogen) atoms. The van der Waals surface area contributed by atoms with Gasteiger partial charge in [-0.15, -0.1) is 12.4 Å². The number of hydrogen-bond acceptors (Lipinski definition) is 6. The van der Waals surface area contributed by atoms with Gasteiger partial charge < -0.3 is 4.90 Å². The van der Waals surface area contributed by atoms with Crippen LogP contribution in [0.1, 0.15) is 18.4 Å². The number of imide groups is 1. The first kappa shape index (κ1) is 22.5. The number of carbonyl (C=O) groups is 3. The van der Waals surface area contributed by atoms with Crippen LogP contribution in [0, 0.1) is 6.92 Å². The summed E-state index contributed by atoms with van der Waals surface area (Å²) >= 11 is 7.51. The van der Waals surface area contributed by atoms with Gasteiger partial charge >= 0.3 is 0 Å². The number of likely N-dealkylation sites (N-methyl/N-ethyl adjacent to an activating group) is 1. The molecule has 1 saturated heterocycles. The van der Waals surface area contributed by atoms with Crippen molar-refractivity contribution in [2.24, 2.45) is 0 Å². The molecule has 152 valence electrons. The fourth-order valence-corrected chi connectivity index (χ4v) is 4.37. The summed E-state index contributed by atoms with van der Waals surface area (Å²) in [6, 6.07) is 3.66. The average Bonchev–Trinajstić information content (AvgIpc) is 3.13. The van der Waals surface area contributed by atoms with Gasteiger partial charge in [-0.25, -0.2) is 4.98 Å². The second-order valence-electron chi connectivity index (χ2n) is 6.79. The van der Waals surface area contributed by atoms with Crippen molar-refractivity contribution in [1.82, 2.24) is 14.8 Å². The summed E-state index contributed by atoms with van der Waals surface area (Å²) in [6.07, 6.45) is 0.339. The minimum absolute atomic E-state index is 0. The van der Waals surface area contributed by atoms with Crippen LogP contribution < -0.4 is 4.90 Å². The first-order chi connectivity index (χ1) is 12.8. The van der Waals surface area contributed by atoms with Crippen molar-refractivity contribution in [3.8, 4) is 0 Å². The Morgan fingerprint density at radius 2 is 1.86 bits per heavy atom. The number of halogens is 2. The van der Waals surface area contributed by atoms with E-state index in [-0.39, 0.29) is 49.5 Å². The number of benzene rings is 1. The number of nitrogens with zero attached hydrogens (tertiary/aromatic N) is 4. The quantitative estimate of drug-likeness (QED) is 0.640. The Morgan fingerprint density at radius 3 is 2.46 bits per heavy atom. The lowest BCUT2D eigenvalue weighted by Crippen LogP contribution is -2.44. The minimum Gasteiger partial charge on any atom is -0.308 e. The maximum Gasteiger partial charge on any atom is 0.248 e. The van der Waals surface area contributed by atoms with Crippen molar-refractivity contribution in [2.75, 3.05) is 38.6 Å². The van der Waals surface area contributed by atoms with E-state index in [2.05, 4.69) is 4.98 Å². The molecule has 2 heterocycles. The molecule has 0 unspecified atom stereocenters. The number of amides is 3. The van der Waals surface area contributed by atoms with Crippen molar-refractivity contribution < 1.29 is 14.4 Å².